The molecule has 0 heterocycles. The Labute approximate surface area is 130 Å². The Morgan fingerprint density at radius 1 is 1.00 bits per heavy atom. The SMILES string of the molecule is O=P(O)(O)c1ccc(CCOCC=Cc2ccccc2)cc1. The first-order valence-corrected chi connectivity index (χ1v) is 8.61. The van der Waals surface area contributed by atoms with Crippen molar-refractivity contribution in [2.45, 2.75) is 6.42 Å². The maximum Gasteiger partial charge on any atom is 0.356 e. The van der Waals surface area contributed by atoms with Gasteiger partial charge >= 0.3 is 7.60 Å². The molecular weight excluding hydrogens is 299 g/mol. The van der Waals surface area contributed by atoms with E-state index in [0.717, 1.165) is 11.1 Å². The highest BCUT2D eigenvalue weighted by Crippen LogP contribution is 2.32. The lowest BCUT2D eigenvalue weighted by Crippen LogP contribution is -2.04. The molecule has 0 saturated carbocycles. The number of ether oxygens (including phenoxy) is 1. The van der Waals surface area contributed by atoms with Gasteiger partial charge in [-0.05, 0) is 29.7 Å². The van der Waals surface area contributed by atoms with E-state index in [0.29, 0.717) is 19.6 Å². The van der Waals surface area contributed by atoms with E-state index in [4.69, 9.17) is 14.5 Å². The van der Waals surface area contributed by atoms with Crippen LogP contribution in [0, 0.1) is 0 Å². The highest BCUT2D eigenvalue weighted by Gasteiger charge is 2.15. The van der Waals surface area contributed by atoms with E-state index in [1.54, 1.807) is 12.1 Å². The average Bonchev–Trinajstić information content (AvgIpc) is 2.51. The predicted octanol–water partition coefficient (Wildman–Crippen LogP) is 2.76. The van der Waals surface area contributed by atoms with E-state index < -0.39 is 7.60 Å². The van der Waals surface area contributed by atoms with E-state index in [1.165, 1.54) is 12.1 Å². The molecule has 0 aliphatic heterocycles. The van der Waals surface area contributed by atoms with Crippen molar-refractivity contribution in [2.75, 3.05) is 13.2 Å². The van der Waals surface area contributed by atoms with Gasteiger partial charge in [-0.3, -0.25) is 4.57 Å². The Kier molecular flexibility index (Phi) is 6.10. The Morgan fingerprint density at radius 3 is 2.32 bits per heavy atom. The summed E-state index contributed by atoms with van der Waals surface area (Å²) in [6.07, 6.45) is 4.68. The van der Waals surface area contributed by atoms with Crippen LogP contribution in [0.25, 0.3) is 6.08 Å². The van der Waals surface area contributed by atoms with E-state index in [9.17, 15) is 4.57 Å². The van der Waals surface area contributed by atoms with Crippen LogP contribution in [-0.4, -0.2) is 23.0 Å². The van der Waals surface area contributed by atoms with Crippen molar-refractivity contribution < 1.29 is 19.1 Å². The zero-order chi connectivity index (χ0) is 15.8. The fourth-order valence-corrected chi connectivity index (χ4v) is 2.48. The highest BCUT2D eigenvalue weighted by atomic mass is 31.2. The molecule has 2 N–H and O–H groups in total. The van der Waals surface area contributed by atoms with Gasteiger partial charge in [-0.25, -0.2) is 0 Å². The second-order valence-corrected chi connectivity index (χ2v) is 6.45. The zero-order valence-corrected chi connectivity index (χ0v) is 13.0. The summed E-state index contributed by atoms with van der Waals surface area (Å²) < 4.78 is 16.6. The van der Waals surface area contributed by atoms with Crippen LogP contribution in [0.2, 0.25) is 0 Å². The Bertz CT molecular complexity index is 644. The van der Waals surface area contributed by atoms with Crippen molar-refractivity contribution in [1.82, 2.24) is 0 Å². The fraction of sp³-hybridized carbons (Fsp3) is 0.176. The maximum absolute atomic E-state index is 11.1. The van der Waals surface area contributed by atoms with Crippen LogP contribution >= 0.6 is 7.60 Å². The summed E-state index contributed by atoms with van der Waals surface area (Å²) in [5, 5.41) is 0.0444. The van der Waals surface area contributed by atoms with Crippen LogP contribution in [0.1, 0.15) is 11.1 Å². The van der Waals surface area contributed by atoms with Crippen molar-refractivity contribution in [1.29, 1.82) is 0 Å². The number of benzene rings is 2. The smallest absolute Gasteiger partial charge is 0.356 e. The van der Waals surface area contributed by atoms with Crippen LogP contribution in [0.15, 0.2) is 60.7 Å². The van der Waals surface area contributed by atoms with Crippen LogP contribution in [0.5, 0.6) is 0 Å². The van der Waals surface area contributed by atoms with Gasteiger partial charge in [0.05, 0.1) is 18.5 Å². The molecular formula is C17H19O4P. The minimum absolute atomic E-state index is 0.0444. The number of hydrogen-bond donors (Lipinski definition) is 2. The molecule has 0 bridgehead atoms. The first-order chi connectivity index (χ1) is 10.6. The summed E-state index contributed by atoms with van der Waals surface area (Å²) >= 11 is 0. The Morgan fingerprint density at radius 2 is 1.68 bits per heavy atom. The molecule has 0 amide bonds. The molecule has 0 radical (unpaired) electrons. The van der Waals surface area contributed by atoms with E-state index >= 15 is 0 Å². The van der Waals surface area contributed by atoms with Crippen LogP contribution in [-0.2, 0) is 15.7 Å². The highest BCUT2D eigenvalue weighted by molar-refractivity contribution is 7.60. The van der Waals surface area contributed by atoms with Gasteiger partial charge < -0.3 is 14.5 Å². The van der Waals surface area contributed by atoms with Gasteiger partial charge in [0.2, 0.25) is 0 Å². The summed E-state index contributed by atoms with van der Waals surface area (Å²) in [6.45, 7) is 1.10. The molecule has 0 fully saturated rings. The third-order valence-electron chi connectivity index (χ3n) is 3.13. The second kappa shape index (κ2) is 8.06. The molecule has 22 heavy (non-hydrogen) atoms. The first-order valence-electron chi connectivity index (χ1n) is 7.00. The standard InChI is InChI=1S/C17H19O4P/c18-22(19,20)17-10-8-16(9-11-17)12-14-21-13-4-7-15-5-2-1-3-6-15/h1-11H,12-14H2,(H2,18,19,20). The third kappa shape index (κ3) is 5.58. The van der Waals surface area contributed by atoms with Crippen LogP contribution in [0.3, 0.4) is 0 Å². The molecule has 2 aromatic rings. The van der Waals surface area contributed by atoms with Crippen molar-refractivity contribution >= 4 is 19.0 Å². The van der Waals surface area contributed by atoms with E-state index in [1.807, 2.05) is 42.5 Å². The van der Waals surface area contributed by atoms with Crippen molar-refractivity contribution in [3.8, 4) is 0 Å². The van der Waals surface area contributed by atoms with E-state index in [-0.39, 0.29) is 5.30 Å². The minimum atomic E-state index is -4.15. The first kappa shape index (κ1) is 16.7. The van der Waals surface area contributed by atoms with Gasteiger partial charge in [0.15, 0.2) is 0 Å². The molecule has 4 nitrogen and oxygen atoms in total. The molecule has 0 aliphatic rings. The van der Waals surface area contributed by atoms with E-state index in [2.05, 4.69) is 0 Å². The topological polar surface area (TPSA) is 66.8 Å². The molecule has 2 rings (SSSR count). The van der Waals surface area contributed by atoms with Crippen molar-refractivity contribution in [3.63, 3.8) is 0 Å². The summed E-state index contributed by atoms with van der Waals surface area (Å²) in [4.78, 5) is 18.1. The van der Waals surface area contributed by atoms with Crippen LogP contribution in [0.4, 0.5) is 0 Å². The lowest BCUT2D eigenvalue weighted by Gasteiger charge is -2.06. The third-order valence-corrected chi connectivity index (χ3v) is 4.10. The van der Waals surface area contributed by atoms with Gasteiger partial charge in [0.1, 0.15) is 0 Å². The molecule has 5 heteroatoms. The molecule has 0 atom stereocenters. The fourth-order valence-electron chi connectivity index (χ4n) is 1.95. The Balaban J connectivity index is 1.71. The zero-order valence-electron chi connectivity index (χ0n) is 12.1. The molecule has 0 aromatic heterocycles. The maximum atomic E-state index is 11.1. The average molecular weight is 318 g/mol. The largest absolute Gasteiger partial charge is 0.377 e. The lowest BCUT2D eigenvalue weighted by atomic mass is 10.2. The van der Waals surface area contributed by atoms with Crippen molar-refractivity contribution in [2.24, 2.45) is 0 Å². The van der Waals surface area contributed by atoms with Crippen LogP contribution < -0.4 is 5.30 Å². The molecule has 0 unspecified atom stereocenters. The van der Waals surface area contributed by atoms with Gasteiger partial charge in [-0.1, -0.05) is 54.6 Å². The molecule has 116 valence electrons. The number of hydrogen-bond acceptors (Lipinski definition) is 2. The summed E-state index contributed by atoms with van der Waals surface area (Å²) in [5.41, 5.74) is 2.13. The minimum Gasteiger partial charge on any atom is -0.377 e. The molecule has 2 aromatic carbocycles. The molecule has 0 saturated heterocycles. The van der Waals surface area contributed by atoms with Crippen molar-refractivity contribution in [3.05, 3.63) is 71.8 Å². The number of rotatable bonds is 7. The lowest BCUT2D eigenvalue weighted by molar-refractivity contribution is 0.166. The van der Waals surface area contributed by atoms with Gasteiger partial charge in [-0.2, -0.15) is 0 Å². The van der Waals surface area contributed by atoms with Gasteiger partial charge in [-0.15, -0.1) is 0 Å². The van der Waals surface area contributed by atoms with Gasteiger partial charge in [0.25, 0.3) is 0 Å². The predicted molar refractivity (Wildman–Crippen MR) is 88.1 cm³/mol. The molecule has 0 aliphatic carbocycles. The molecule has 0 spiro atoms. The normalized spacial score (nSPS) is 11.9. The van der Waals surface area contributed by atoms with Gasteiger partial charge in [0, 0.05) is 0 Å². The summed E-state index contributed by atoms with van der Waals surface area (Å²) in [7, 11) is -4.15. The Hall–Kier alpha value is -1.71. The summed E-state index contributed by atoms with van der Waals surface area (Å²) in [6, 6.07) is 16.4. The quantitative estimate of drug-likeness (QED) is 0.608. The second-order valence-electron chi connectivity index (χ2n) is 4.85. The summed E-state index contributed by atoms with van der Waals surface area (Å²) in [5.74, 6) is 0. The monoisotopic (exact) mass is 318 g/mol.